The van der Waals surface area contributed by atoms with Crippen molar-refractivity contribution in [2.75, 3.05) is 39.4 Å². The molecule has 3 nitrogen and oxygen atoms in total. The lowest BCUT2D eigenvalue weighted by molar-refractivity contribution is -0.0129. The molecule has 1 N–H and O–H groups in total. The number of ether oxygens (including phenoxy) is 1. The Hall–Kier alpha value is -0.120. The van der Waals surface area contributed by atoms with E-state index in [-0.39, 0.29) is 0 Å². The zero-order valence-corrected chi connectivity index (χ0v) is 11.2. The fourth-order valence-electron chi connectivity index (χ4n) is 2.41. The number of hydrogen-bond donors (Lipinski definition) is 1. The lowest BCUT2D eigenvalue weighted by atomic mass is 10.0. The maximum atomic E-state index is 5.57. The molecule has 1 saturated heterocycles. The maximum absolute atomic E-state index is 5.57. The highest BCUT2D eigenvalue weighted by atomic mass is 16.5. The minimum absolute atomic E-state index is 0.577. The van der Waals surface area contributed by atoms with E-state index in [0.29, 0.717) is 6.04 Å². The largest absolute Gasteiger partial charge is 0.378 e. The standard InChI is InChI=1S/C13H28N2O/c1-4-6-12(3)10-15-7-8-16-11-13(15)9-14-5-2/h12-14H,4-11H2,1-3H3. The minimum atomic E-state index is 0.577. The van der Waals surface area contributed by atoms with Crippen molar-refractivity contribution >= 4 is 0 Å². The fourth-order valence-corrected chi connectivity index (χ4v) is 2.41. The van der Waals surface area contributed by atoms with Gasteiger partial charge in [-0.2, -0.15) is 0 Å². The Morgan fingerprint density at radius 1 is 1.44 bits per heavy atom. The van der Waals surface area contributed by atoms with E-state index in [2.05, 4.69) is 31.0 Å². The molecular formula is C13H28N2O. The molecule has 0 saturated carbocycles. The molecule has 0 bridgehead atoms. The molecule has 1 fully saturated rings. The van der Waals surface area contributed by atoms with Gasteiger partial charge in [-0.1, -0.05) is 27.2 Å². The van der Waals surface area contributed by atoms with Crippen LogP contribution >= 0.6 is 0 Å². The average Bonchev–Trinajstić information content (AvgIpc) is 2.28. The van der Waals surface area contributed by atoms with Gasteiger partial charge in [-0.15, -0.1) is 0 Å². The maximum Gasteiger partial charge on any atom is 0.0634 e. The van der Waals surface area contributed by atoms with E-state index >= 15 is 0 Å². The van der Waals surface area contributed by atoms with Gasteiger partial charge in [0.25, 0.3) is 0 Å². The Balaban J connectivity index is 2.33. The second-order valence-electron chi connectivity index (χ2n) is 4.93. The molecule has 2 atom stereocenters. The van der Waals surface area contributed by atoms with Gasteiger partial charge in [-0.05, 0) is 18.9 Å². The summed E-state index contributed by atoms with van der Waals surface area (Å²) in [7, 11) is 0. The van der Waals surface area contributed by atoms with E-state index in [1.807, 2.05) is 0 Å². The smallest absolute Gasteiger partial charge is 0.0634 e. The molecule has 16 heavy (non-hydrogen) atoms. The van der Waals surface area contributed by atoms with Crippen LogP contribution in [0.2, 0.25) is 0 Å². The summed E-state index contributed by atoms with van der Waals surface area (Å²) in [5.41, 5.74) is 0. The quantitative estimate of drug-likeness (QED) is 0.718. The van der Waals surface area contributed by atoms with Crippen molar-refractivity contribution in [3.8, 4) is 0 Å². The molecule has 0 aliphatic carbocycles. The molecule has 1 heterocycles. The van der Waals surface area contributed by atoms with Crippen LogP contribution in [-0.2, 0) is 4.74 Å². The molecule has 0 aromatic carbocycles. The summed E-state index contributed by atoms with van der Waals surface area (Å²) in [6.07, 6.45) is 2.63. The third-order valence-electron chi connectivity index (χ3n) is 3.31. The first-order chi connectivity index (χ1) is 7.77. The van der Waals surface area contributed by atoms with E-state index in [9.17, 15) is 0 Å². The van der Waals surface area contributed by atoms with E-state index in [1.165, 1.54) is 19.4 Å². The Morgan fingerprint density at radius 3 is 2.94 bits per heavy atom. The molecule has 0 spiro atoms. The minimum Gasteiger partial charge on any atom is -0.378 e. The summed E-state index contributed by atoms with van der Waals surface area (Å²) in [5, 5.41) is 3.43. The zero-order chi connectivity index (χ0) is 11.8. The van der Waals surface area contributed by atoms with Gasteiger partial charge in [0.15, 0.2) is 0 Å². The molecule has 3 heteroatoms. The van der Waals surface area contributed by atoms with E-state index < -0.39 is 0 Å². The predicted molar refractivity (Wildman–Crippen MR) is 68.8 cm³/mol. The molecule has 0 aromatic heterocycles. The molecule has 2 unspecified atom stereocenters. The van der Waals surface area contributed by atoms with Crippen LogP contribution in [0, 0.1) is 5.92 Å². The van der Waals surface area contributed by atoms with Crippen LogP contribution < -0.4 is 5.32 Å². The van der Waals surface area contributed by atoms with E-state index in [1.54, 1.807) is 0 Å². The van der Waals surface area contributed by atoms with Crippen LogP contribution in [0.3, 0.4) is 0 Å². The molecule has 0 aromatic rings. The van der Waals surface area contributed by atoms with Crippen LogP contribution in [0.25, 0.3) is 0 Å². The summed E-state index contributed by atoms with van der Waals surface area (Å²) in [6.45, 7) is 13.0. The van der Waals surface area contributed by atoms with Crippen molar-refractivity contribution in [3.05, 3.63) is 0 Å². The number of nitrogens with zero attached hydrogens (tertiary/aromatic N) is 1. The van der Waals surface area contributed by atoms with Gasteiger partial charge in [-0.3, -0.25) is 4.90 Å². The van der Waals surface area contributed by atoms with E-state index in [0.717, 1.165) is 38.8 Å². The molecule has 1 rings (SSSR count). The third-order valence-corrected chi connectivity index (χ3v) is 3.31. The monoisotopic (exact) mass is 228 g/mol. The first kappa shape index (κ1) is 13.9. The number of nitrogens with one attached hydrogen (secondary N) is 1. The first-order valence-corrected chi connectivity index (χ1v) is 6.80. The van der Waals surface area contributed by atoms with Crippen molar-refractivity contribution in [1.29, 1.82) is 0 Å². The molecule has 0 amide bonds. The van der Waals surface area contributed by atoms with Gasteiger partial charge in [0, 0.05) is 25.7 Å². The Kier molecular flexibility index (Phi) is 7.01. The van der Waals surface area contributed by atoms with Crippen molar-refractivity contribution in [2.45, 2.75) is 39.7 Å². The van der Waals surface area contributed by atoms with E-state index in [4.69, 9.17) is 4.74 Å². The van der Waals surface area contributed by atoms with Crippen molar-refractivity contribution in [2.24, 2.45) is 5.92 Å². The fraction of sp³-hybridized carbons (Fsp3) is 1.00. The van der Waals surface area contributed by atoms with Gasteiger partial charge in [0.05, 0.1) is 13.2 Å². The van der Waals surface area contributed by atoms with Gasteiger partial charge in [-0.25, -0.2) is 0 Å². The number of rotatable bonds is 7. The Bertz CT molecular complexity index is 175. The molecule has 1 aliphatic heterocycles. The van der Waals surface area contributed by atoms with Gasteiger partial charge < -0.3 is 10.1 Å². The summed E-state index contributed by atoms with van der Waals surface area (Å²) in [6, 6.07) is 0.577. The summed E-state index contributed by atoms with van der Waals surface area (Å²) >= 11 is 0. The van der Waals surface area contributed by atoms with Crippen LogP contribution in [0.4, 0.5) is 0 Å². The summed E-state index contributed by atoms with van der Waals surface area (Å²) in [5.74, 6) is 0.812. The summed E-state index contributed by atoms with van der Waals surface area (Å²) in [4.78, 5) is 2.60. The first-order valence-electron chi connectivity index (χ1n) is 6.80. The molecule has 96 valence electrons. The highest BCUT2D eigenvalue weighted by Crippen LogP contribution is 2.13. The van der Waals surface area contributed by atoms with Gasteiger partial charge in [0.2, 0.25) is 0 Å². The Morgan fingerprint density at radius 2 is 2.25 bits per heavy atom. The number of morpholine rings is 1. The third kappa shape index (κ3) is 4.81. The Labute approximate surface area is 101 Å². The van der Waals surface area contributed by atoms with Crippen LogP contribution in [-0.4, -0.2) is 50.3 Å². The SMILES string of the molecule is CCCC(C)CN1CCOCC1CNCC. The van der Waals surface area contributed by atoms with Crippen molar-refractivity contribution in [3.63, 3.8) is 0 Å². The summed E-state index contributed by atoms with van der Waals surface area (Å²) < 4.78 is 5.57. The number of likely N-dealkylation sites (N-methyl/N-ethyl adjacent to an activating group) is 1. The van der Waals surface area contributed by atoms with Gasteiger partial charge >= 0.3 is 0 Å². The van der Waals surface area contributed by atoms with Crippen molar-refractivity contribution < 1.29 is 4.74 Å². The second kappa shape index (κ2) is 8.04. The number of hydrogen-bond acceptors (Lipinski definition) is 3. The van der Waals surface area contributed by atoms with Gasteiger partial charge in [0.1, 0.15) is 0 Å². The van der Waals surface area contributed by atoms with Crippen LogP contribution in [0.15, 0.2) is 0 Å². The molecule has 1 aliphatic rings. The van der Waals surface area contributed by atoms with Crippen LogP contribution in [0.5, 0.6) is 0 Å². The zero-order valence-electron chi connectivity index (χ0n) is 11.2. The predicted octanol–water partition coefficient (Wildman–Crippen LogP) is 1.73. The highest BCUT2D eigenvalue weighted by molar-refractivity contribution is 4.78. The average molecular weight is 228 g/mol. The lowest BCUT2D eigenvalue weighted by Crippen LogP contribution is -2.51. The molecular weight excluding hydrogens is 200 g/mol. The van der Waals surface area contributed by atoms with Crippen molar-refractivity contribution in [1.82, 2.24) is 10.2 Å². The van der Waals surface area contributed by atoms with Crippen LogP contribution in [0.1, 0.15) is 33.6 Å². The topological polar surface area (TPSA) is 24.5 Å². The second-order valence-corrected chi connectivity index (χ2v) is 4.93. The highest BCUT2D eigenvalue weighted by Gasteiger charge is 2.23. The normalized spacial score (nSPS) is 24.6. The lowest BCUT2D eigenvalue weighted by Gasteiger charge is -2.37. The molecule has 0 radical (unpaired) electrons.